The molecule has 3 rings (SSSR count). The van der Waals surface area contributed by atoms with Gasteiger partial charge in [-0.15, -0.1) is 0 Å². The van der Waals surface area contributed by atoms with Gasteiger partial charge in [-0.05, 0) is 0 Å². The van der Waals surface area contributed by atoms with Crippen LogP contribution < -0.4 is 0 Å². The van der Waals surface area contributed by atoms with Crippen molar-refractivity contribution in [2.24, 2.45) is 23.7 Å². The van der Waals surface area contributed by atoms with Crippen LogP contribution in [0.2, 0.25) is 13.3 Å². The minimum atomic E-state index is -2.31. The monoisotopic (exact) mass is 522 g/mol. The van der Waals surface area contributed by atoms with Gasteiger partial charge in [0, 0.05) is 0 Å². The summed E-state index contributed by atoms with van der Waals surface area (Å²) in [7, 11) is 0. The number of esters is 1. The molecule has 0 aromatic heterocycles. The molecule has 2 aliphatic carbocycles. The van der Waals surface area contributed by atoms with Gasteiger partial charge in [-0.25, -0.2) is 0 Å². The molecule has 1 saturated heterocycles. The number of hydrogen-bond acceptors (Lipinski definition) is 2. The third-order valence-electron chi connectivity index (χ3n) is 8.30. The van der Waals surface area contributed by atoms with E-state index in [-0.39, 0.29) is 18.0 Å². The van der Waals surface area contributed by atoms with Crippen LogP contribution in [0.25, 0.3) is 0 Å². The molecular weight excluding hydrogens is 475 g/mol. The van der Waals surface area contributed by atoms with Gasteiger partial charge >= 0.3 is 191 Å². The second-order valence-electron chi connectivity index (χ2n) is 10.4. The first-order chi connectivity index (χ1) is 14.5. The van der Waals surface area contributed by atoms with E-state index in [1.807, 2.05) is 0 Å². The van der Waals surface area contributed by atoms with Crippen LogP contribution in [0.1, 0.15) is 91.9 Å². The summed E-state index contributed by atoms with van der Waals surface area (Å²) in [5.41, 5.74) is 1.58. The second-order valence-corrected chi connectivity index (χ2v) is 23.5. The quantitative estimate of drug-likeness (QED) is 0.157. The van der Waals surface area contributed by atoms with Gasteiger partial charge in [0.1, 0.15) is 0 Å². The van der Waals surface area contributed by atoms with Crippen LogP contribution in [0.4, 0.5) is 0 Å². The predicted octanol–water partition coefficient (Wildman–Crippen LogP) is 7.86. The molecule has 30 heavy (non-hydrogen) atoms. The topological polar surface area (TPSA) is 26.3 Å². The Morgan fingerprint density at radius 3 is 2.27 bits per heavy atom. The Hall–Kier alpha value is -0.251. The summed E-state index contributed by atoms with van der Waals surface area (Å²) in [5, 5.41) is 0. The van der Waals surface area contributed by atoms with E-state index in [0.29, 0.717) is 17.8 Å². The molecule has 1 saturated carbocycles. The SMILES string of the molecule is CCC[CH2][Sn](/[CH]=C/C1C2CCCCC2=C[C@H]2C(=O)O[C@H](C)[C@@H]12)([CH2]CCC)[CH2]CCC. The molecule has 3 aliphatic rings. The zero-order chi connectivity index (χ0) is 21.6. The number of cyclic esters (lactones) is 1. The second kappa shape index (κ2) is 11.6. The first-order valence-corrected chi connectivity index (χ1v) is 20.9. The average Bonchev–Trinajstić information content (AvgIpc) is 3.05. The molecule has 2 unspecified atom stereocenters. The van der Waals surface area contributed by atoms with E-state index >= 15 is 0 Å². The number of unbranched alkanes of at least 4 members (excludes halogenated alkanes) is 3. The molecule has 0 bridgehead atoms. The van der Waals surface area contributed by atoms with E-state index in [1.54, 1.807) is 5.57 Å². The summed E-state index contributed by atoms with van der Waals surface area (Å²) in [5.74, 6) is 1.62. The van der Waals surface area contributed by atoms with Crippen molar-refractivity contribution in [3.8, 4) is 0 Å². The Balaban J connectivity index is 1.90. The fourth-order valence-corrected chi connectivity index (χ4v) is 20.9. The fourth-order valence-electron chi connectivity index (χ4n) is 6.52. The van der Waals surface area contributed by atoms with Gasteiger partial charge in [-0.2, -0.15) is 0 Å². The van der Waals surface area contributed by atoms with E-state index in [4.69, 9.17) is 4.74 Å². The summed E-state index contributed by atoms with van der Waals surface area (Å²) < 4.78 is 13.2. The van der Waals surface area contributed by atoms with Crippen molar-refractivity contribution in [2.75, 3.05) is 0 Å². The van der Waals surface area contributed by atoms with Gasteiger partial charge in [0.15, 0.2) is 0 Å². The number of allylic oxidation sites excluding steroid dienone is 2. The molecule has 0 aromatic carbocycles. The van der Waals surface area contributed by atoms with Crippen molar-refractivity contribution >= 4 is 24.3 Å². The van der Waals surface area contributed by atoms with E-state index in [9.17, 15) is 4.79 Å². The number of fused-ring (bicyclic) bond motifs is 2. The Morgan fingerprint density at radius 1 is 1.03 bits per heavy atom. The molecule has 170 valence electrons. The number of carbonyl (C=O) groups excluding carboxylic acids is 1. The van der Waals surface area contributed by atoms with Gasteiger partial charge in [0.2, 0.25) is 0 Å². The zero-order valence-corrected chi connectivity index (χ0v) is 23.0. The first-order valence-electron chi connectivity index (χ1n) is 13.2. The van der Waals surface area contributed by atoms with E-state index in [0.717, 1.165) is 0 Å². The van der Waals surface area contributed by atoms with Crippen LogP contribution in [0, 0.1) is 23.7 Å². The van der Waals surface area contributed by atoms with Crippen molar-refractivity contribution in [3.63, 3.8) is 0 Å². The maximum absolute atomic E-state index is 12.6. The molecule has 0 radical (unpaired) electrons. The van der Waals surface area contributed by atoms with Gasteiger partial charge in [0.25, 0.3) is 0 Å². The van der Waals surface area contributed by atoms with E-state index < -0.39 is 18.4 Å². The van der Waals surface area contributed by atoms with Crippen LogP contribution in [-0.2, 0) is 9.53 Å². The average molecular weight is 521 g/mol. The van der Waals surface area contributed by atoms with E-state index in [2.05, 4.69) is 43.9 Å². The van der Waals surface area contributed by atoms with Gasteiger partial charge in [-0.1, -0.05) is 0 Å². The Labute approximate surface area is 190 Å². The Morgan fingerprint density at radius 2 is 1.67 bits per heavy atom. The first kappa shape index (κ1) is 24.4. The number of rotatable bonds is 11. The molecule has 0 amide bonds. The van der Waals surface area contributed by atoms with Gasteiger partial charge < -0.3 is 0 Å². The molecule has 0 aromatic rings. The molecule has 3 heteroatoms. The third kappa shape index (κ3) is 5.56. The van der Waals surface area contributed by atoms with Crippen LogP contribution in [0.3, 0.4) is 0 Å². The number of ether oxygens (including phenoxy) is 1. The normalized spacial score (nSPS) is 31.4. The molecule has 0 spiro atoms. The maximum atomic E-state index is 12.6. The predicted molar refractivity (Wildman–Crippen MR) is 130 cm³/mol. The molecule has 0 N–H and O–H groups in total. The van der Waals surface area contributed by atoms with Crippen molar-refractivity contribution in [1.29, 1.82) is 0 Å². The van der Waals surface area contributed by atoms with Crippen molar-refractivity contribution < 1.29 is 9.53 Å². The van der Waals surface area contributed by atoms with Crippen LogP contribution in [0.15, 0.2) is 21.8 Å². The molecular formula is C27H46O2Sn. The molecule has 1 heterocycles. The molecule has 1 aliphatic heterocycles. The Kier molecular flexibility index (Phi) is 9.40. The summed E-state index contributed by atoms with van der Waals surface area (Å²) >= 11 is -2.31. The molecule has 2 fully saturated rings. The zero-order valence-electron chi connectivity index (χ0n) is 20.1. The van der Waals surface area contributed by atoms with Crippen LogP contribution in [0.5, 0.6) is 0 Å². The van der Waals surface area contributed by atoms with Crippen molar-refractivity contribution in [3.05, 3.63) is 21.8 Å². The van der Waals surface area contributed by atoms with Crippen LogP contribution in [-0.4, -0.2) is 30.5 Å². The summed E-state index contributed by atoms with van der Waals surface area (Å²) in [6.45, 7) is 9.21. The fraction of sp³-hybridized carbons (Fsp3) is 0.815. The number of carbonyl (C=O) groups is 1. The Bertz CT molecular complexity index is 601. The molecule has 5 atom stereocenters. The molecule has 2 nitrogen and oxygen atoms in total. The minimum absolute atomic E-state index is 0.0190. The number of hydrogen-bond donors (Lipinski definition) is 0. The van der Waals surface area contributed by atoms with E-state index in [1.165, 1.54) is 77.5 Å². The standard InChI is InChI=1S/C15H19O2.3C4H9.Sn/c1-3-11-12-7-5-4-6-10(12)8-13-14(11)9(2)17-15(13)16;3*1-3-4-2;/h1,3,8-9,11-14H,4-7H2,2H3;3*1,3-4H2,2H3;/t9-,11?,12?,13-,14+;;;;/m1..../s1. The summed E-state index contributed by atoms with van der Waals surface area (Å²) in [6, 6.07) is 0. The van der Waals surface area contributed by atoms with Crippen molar-refractivity contribution in [1.82, 2.24) is 0 Å². The third-order valence-corrected chi connectivity index (χ3v) is 22.4. The van der Waals surface area contributed by atoms with Gasteiger partial charge in [0.05, 0.1) is 0 Å². The van der Waals surface area contributed by atoms with Crippen LogP contribution >= 0.6 is 0 Å². The van der Waals surface area contributed by atoms with Gasteiger partial charge in [-0.3, -0.25) is 0 Å². The van der Waals surface area contributed by atoms with Crippen molar-refractivity contribution in [2.45, 2.75) is 111 Å². The summed E-state index contributed by atoms with van der Waals surface area (Å²) in [6.07, 6.45) is 18.5. The summed E-state index contributed by atoms with van der Waals surface area (Å²) in [4.78, 5) is 12.6.